The fraction of sp³-hybridized carbons (Fsp3) is 0.417. The molecule has 0 aliphatic rings. The number of amides is 1. The van der Waals surface area contributed by atoms with E-state index in [-0.39, 0.29) is 5.91 Å². The van der Waals surface area contributed by atoms with E-state index in [4.69, 9.17) is 10.5 Å². The van der Waals surface area contributed by atoms with Crippen molar-refractivity contribution in [2.24, 2.45) is 5.73 Å². The Balaban J connectivity index is 2.15. The number of carbonyl (C=O) groups is 1. The predicted molar refractivity (Wildman–Crippen MR) is 63.2 cm³/mol. The van der Waals surface area contributed by atoms with Gasteiger partial charge in [0.2, 0.25) is 5.91 Å². The number of ether oxygens (including phenoxy) is 1. The van der Waals surface area contributed by atoms with Gasteiger partial charge in [0.15, 0.2) is 0 Å². The van der Waals surface area contributed by atoms with E-state index in [1.165, 1.54) is 0 Å². The minimum absolute atomic E-state index is 0.126. The van der Waals surface area contributed by atoms with Crippen LogP contribution in [0, 0.1) is 0 Å². The number of benzene rings is 1. The Labute approximate surface area is 95.8 Å². The molecule has 0 aliphatic carbocycles. The molecule has 0 saturated heterocycles. The van der Waals surface area contributed by atoms with Crippen molar-refractivity contribution >= 4 is 5.91 Å². The molecule has 1 atom stereocenters. The number of para-hydroxylation sites is 1. The zero-order valence-corrected chi connectivity index (χ0v) is 9.48. The highest BCUT2D eigenvalue weighted by atomic mass is 16.5. The Morgan fingerprint density at radius 1 is 1.44 bits per heavy atom. The van der Waals surface area contributed by atoms with Gasteiger partial charge in [-0.1, -0.05) is 25.1 Å². The third kappa shape index (κ3) is 4.31. The summed E-state index contributed by atoms with van der Waals surface area (Å²) in [4.78, 5) is 11.3. The maximum absolute atomic E-state index is 11.3. The highest BCUT2D eigenvalue weighted by Crippen LogP contribution is 2.07. The van der Waals surface area contributed by atoms with Crippen molar-refractivity contribution in [3.05, 3.63) is 30.3 Å². The molecule has 4 heteroatoms. The summed E-state index contributed by atoms with van der Waals surface area (Å²) in [5.74, 6) is 0.677. The predicted octanol–water partition coefficient (Wildman–Crippen LogP) is 0.919. The van der Waals surface area contributed by atoms with Gasteiger partial charge in [-0.25, -0.2) is 0 Å². The molecular weight excluding hydrogens is 204 g/mol. The SMILES string of the molecule is CCC(N)C(=O)NCCOc1ccccc1. The first kappa shape index (κ1) is 12.5. The molecule has 0 radical (unpaired) electrons. The highest BCUT2D eigenvalue weighted by Gasteiger charge is 2.09. The highest BCUT2D eigenvalue weighted by molar-refractivity contribution is 5.81. The van der Waals surface area contributed by atoms with Gasteiger partial charge in [0, 0.05) is 0 Å². The van der Waals surface area contributed by atoms with Crippen LogP contribution in [0.5, 0.6) is 5.75 Å². The van der Waals surface area contributed by atoms with E-state index in [2.05, 4.69) is 5.32 Å². The molecule has 16 heavy (non-hydrogen) atoms. The van der Waals surface area contributed by atoms with E-state index >= 15 is 0 Å². The van der Waals surface area contributed by atoms with Gasteiger partial charge in [-0.2, -0.15) is 0 Å². The smallest absolute Gasteiger partial charge is 0.237 e. The van der Waals surface area contributed by atoms with Crippen molar-refractivity contribution in [2.45, 2.75) is 19.4 Å². The molecule has 0 aliphatic heterocycles. The molecule has 4 nitrogen and oxygen atoms in total. The minimum atomic E-state index is -0.420. The van der Waals surface area contributed by atoms with Crippen LogP contribution in [0.2, 0.25) is 0 Å². The van der Waals surface area contributed by atoms with Gasteiger partial charge in [0.05, 0.1) is 12.6 Å². The number of rotatable bonds is 6. The van der Waals surface area contributed by atoms with Crippen LogP contribution in [-0.2, 0) is 4.79 Å². The minimum Gasteiger partial charge on any atom is -0.492 e. The van der Waals surface area contributed by atoms with Crippen LogP contribution >= 0.6 is 0 Å². The Hall–Kier alpha value is -1.55. The van der Waals surface area contributed by atoms with Crippen molar-refractivity contribution in [1.29, 1.82) is 0 Å². The molecule has 1 aromatic carbocycles. The average molecular weight is 222 g/mol. The molecule has 0 aromatic heterocycles. The van der Waals surface area contributed by atoms with Crippen LogP contribution in [0.25, 0.3) is 0 Å². The molecule has 88 valence electrons. The van der Waals surface area contributed by atoms with Crippen LogP contribution in [0.4, 0.5) is 0 Å². The van der Waals surface area contributed by atoms with Crippen LogP contribution in [0.15, 0.2) is 30.3 Å². The summed E-state index contributed by atoms with van der Waals surface area (Å²) in [5.41, 5.74) is 5.56. The van der Waals surface area contributed by atoms with E-state index in [0.29, 0.717) is 19.6 Å². The van der Waals surface area contributed by atoms with E-state index in [9.17, 15) is 4.79 Å². The van der Waals surface area contributed by atoms with Crippen molar-refractivity contribution in [3.8, 4) is 5.75 Å². The van der Waals surface area contributed by atoms with Gasteiger partial charge < -0.3 is 15.8 Å². The molecule has 0 bridgehead atoms. The van der Waals surface area contributed by atoms with Gasteiger partial charge in [0.1, 0.15) is 12.4 Å². The van der Waals surface area contributed by atoms with E-state index in [1.807, 2.05) is 37.3 Å². The summed E-state index contributed by atoms with van der Waals surface area (Å²) in [7, 11) is 0. The summed E-state index contributed by atoms with van der Waals surface area (Å²) in [6.45, 7) is 2.80. The van der Waals surface area contributed by atoms with Crippen molar-refractivity contribution in [2.75, 3.05) is 13.2 Å². The maximum Gasteiger partial charge on any atom is 0.237 e. The lowest BCUT2D eigenvalue weighted by atomic mass is 10.2. The van der Waals surface area contributed by atoms with Gasteiger partial charge in [-0.3, -0.25) is 4.79 Å². The van der Waals surface area contributed by atoms with Crippen molar-refractivity contribution in [3.63, 3.8) is 0 Å². The Morgan fingerprint density at radius 3 is 2.75 bits per heavy atom. The molecular formula is C12H18N2O2. The normalized spacial score (nSPS) is 11.9. The monoisotopic (exact) mass is 222 g/mol. The van der Waals surface area contributed by atoms with Crippen molar-refractivity contribution < 1.29 is 9.53 Å². The number of hydrogen-bond donors (Lipinski definition) is 2. The first-order valence-electron chi connectivity index (χ1n) is 5.45. The number of hydrogen-bond acceptors (Lipinski definition) is 3. The molecule has 0 fully saturated rings. The fourth-order valence-electron chi connectivity index (χ4n) is 1.18. The maximum atomic E-state index is 11.3. The molecule has 1 unspecified atom stereocenters. The zero-order chi connectivity index (χ0) is 11.8. The summed E-state index contributed by atoms with van der Waals surface area (Å²) >= 11 is 0. The first-order chi connectivity index (χ1) is 7.74. The molecule has 0 spiro atoms. The molecule has 1 rings (SSSR count). The van der Waals surface area contributed by atoms with Crippen molar-refractivity contribution in [1.82, 2.24) is 5.32 Å². The Bertz CT molecular complexity index is 314. The summed E-state index contributed by atoms with van der Waals surface area (Å²) in [6.07, 6.45) is 0.644. The third-order valence-electron chi connectivity index (χ3n) is 2.19. The largest absolute Gasteiger partial charge is 0.492 e. The Kier molecular flexibility index (Phi) is 5.36. The van der Waals surface area contributed by atoms with Gasteiger partial charge >= 0.3 is 0 Å². The van der Waals surface area contributed by atoms with Crippen LogP contribution in [0.3, 0.4) is 0 Å². The van der Waals surface area contributed by atoms with Gasteiger partial charge in [-0.15, -0.1) is 0 Å². The average Bonchev–Trinajstić information content (AvgIpc) is 2.34. The lowest BCUT2D eigenvalue weighted by molar-refractivity contribution is -0.122. The first-order valence-corrected chi connectivity index (χ1v) is 5.45. The van der Waals surface area contributed by atoms with Gasteiger partial charge in [0.25, 0.3) is 0 Å². The molecule has 1 aromatic rings. The summed E-state index contributed by atoms with van der Waals surface area (Å²) in [5, 5.41) is 2.71. The standard InChI is InChI=1S/C12H18N2O2/c1-2-11(13)12(15)14-8-9-16-10-6-4-3-5-7-10/h3-7,11H,2,8-9,13H2,1H3,(H,14,15). The van der Waals surface area contributed by atoms with Crippen LogP contribution < -0.4 is 15.8 Å². The molecule has 0 heterocycles. The fourth-order valence-corrected chi connectivity index (χ4v) is 1.18. The second-order valence-corrected chi connectivity index (χ2v) is 3.47. The number of nitrogens with two attached hydrogens (primary N) is 1. The quantitative estimate of drug-likeness (QED) is 0.703. The van der Waals surface area contributed by atoms with E-state index < -0.39 is 6.04 Å². The molecule has 3 N–H and O–H groups in total. The van der Waals surface area contributed by atoms with E-state index in [1.54, 1.807) is 0 Å². The Morgan fingerprint density at radius 2 is 2.12 bits per heavy atom. The molecule has 1 amide bonds. The van der Waals surface area contributed by atoms with Crippen LogP contribution in [0.1, 0.15) is 13.3 Å². The lowest BCUT2D eigenvalue weighted by Crippen LogP contribution is -2.41. The third-order valence-corrected chi connectivity index (χ3v) is 2.19. The summed E-state index contributed by atoms with van der Waals surface area (Å²) in [6, 6.07) is 9.06. The lowest BCUT2D eigenvalue weighted by Gasteiger charge is -2.10. The number of nitrogens with one attached hydrogen (secondary N) is 1. The second-order valence-electron chi connectivity index (χ2n) is 3.47. The molecule has 0 saturated carbocycles. The van der Waals surface area contributed by atoms with Gasteiger partial charge in [-0.05, 0) is 18.6 Å². The number of carbonyl (C=O) groups excluding carboxylic acids is 1. The summed E-state index contributed by atoms with van der Waals surface area (Å²) < 4.78 is 5.41. The second kappa shape index (κ2) is 6.85. The van der Waals surface area contributed by atoms with E-state index in [0.717, 1.165) is 5.75 Å². The van der Waals surface area contributed by atoms with Crippen LogP contribution in [-0.4, -0.2) is 25.1 Å². The zero-order valence-electron chi connectivity index (χ0n) is 9.48. The topological polar surface area (TPSA) is 64.4 Å².